The standard InChI is InChI=1S/C28H28ClN3O3/c1-15-9-23(32(13-15)27(33)35-28(2,3)4)26-30-22-8-5-16-11-21-19-7-6-18(29)10-17(19)14-34-24(21)12-20(16)25(22)31-26/h5-8,10-12,15,23H,9,13-14H2,1-4H3,(H,30,31)/t15-,23-/m0/s1. The maximum atomic E-state index is 12.9. The molecule has 1 aromatic heterocycles. The summed E-state index contributed by atoms with van der Waals surface area (Å²) >= 11 is 6.19. The van der Waals surface area contributed by atoms with Crippen LogP contribution in [0.3, 0.4) is 0 Å². The van der Waals surface area contributed by atoms with Crippen LogP contribution in [0.2, 0.25) is 5.02 Å². The zero-order chi connectivity index (χ0) is 24.5. The lowest BCUT2D eigenvalue weighted by Gasteiger charge is -2.27. The molecule has 1 saturated heterocycles. The zero-order valence-corrected chi connectivity index (χ0v) is 21.1. The number of hydrogen-bond donors (Lipinski definition) is 1. The molecule has 35 heavy (non-hydrogen) atoms. The van der Waals surface area contributed by atoms with Crippen molar-refractivity contribution in [1.29, 1.82) is 0 Å². The van der Waals surface area contributed by atoms with E-state index in [1.54, 1.807) is 0 Å². The largest absolute Gasteiger partial charge is 0.488 e. The summed E-state index contributed by atoms with van der Waals surface area (Å²) in [6.45, 7) is 8.98. The number of amides is 1. The van der Waals surface area contributed by atoms with E-state index in [-0.39, 0.29) is 12.1 Å². The number of ether oxygens (including phenoxy) is 2. The van der Waals surface area contributed by atoms with Crippen molar-refractivity contribution in [3.63, 3.8) is 0 Å². The van der Waals surface area contributed by atoms with Gasteiger partial charge in [-0.3, -0.25) is 4.90 Å². The number of nitrogens with one attached hydrogen (secondary N) is 1. The van der Waals surface area contributed by atoms with Crippen molar-refractivity contribution in [1.82, 2.24) is 14.9 Å². The average Bonchev–Trinajstić information content (AvgIpc) is 3.40. The minimum Gasteiger partial charge on any atom is -0.488 e. The van der Waals surface area contributed by atoms with Crippen molar-refractivity contribution in [3.05, 3.63) is 58.9 Å². The maximum Gasteiger partial charge on any atom is 0.410 e. The molecule has 6 rings (SSSR count). The average molecular weight is 490 g/mol. The van der Waals surface area contributed by atoms with Crippen LogP contribution in [-0.4, -0.2) is 33.1 Å². The predicted octanol–water partition coefficient (Wildman–Crippen LogP) is 7.25. The minimum atomic E-state index is -0.541. The lowest BCUT2D eigenvalue weighted by atomic mass is 9.94. The van der Waals surface area contributed by atoms with Gasteiger partial charge < -0.3 is 14.5 Å². The molecule has 0 saturated carbocycles. The number of rotatable bonds is 1. The fraction of sp³-hybridized carbons (Fsp3) is 0.357. The normalized spacial score (nSPS) is 19.5. The molecule has 3 aromatic carbocycles. The van der Waals surface area contributed by atoms with E-state index in [9.17, 15) is 4.79 Å². The molecule has 0 unspecified atom stereocenters. The van der Waals surface area contributed by atoms with Gasteiger partial charge >= 0.3 is 6.09 Å². The number of imidazole rings is 1. The third-order valence-electron chi connectivity index (χ3n) is 6.79. The monoisotopic (exact) mass is 489 g/mol. The van der Waals surface area contributed by atoms with Crippen molar-refractivity contribution >= 4 is 39.5 Å². The van der Waals surface area contributed by atoms with Crippen molar-refractivity contribution in [3.8, 4) is 16.9 Å². The predicted molar refractivity (Wildman–Crippen MR) is 138 cm³/mol. The summed E-state index contributed by atoms with van der Waals surface area (Å²) in [7, 11) is 0. The Hall–Kier alpha value is -3.25. The highest BCUT2D eigenvalue weighted by Gasteiger charge is 2.38. The Bertz CT molecular complexity index is 1490. The first-order chi connectivity index (χ1) is 16.7. The van der Waals surface area contributed by atoms with E-state index in [0.717, 1.165) is 56.5 Å². The highest BCUT2D eigenvalue weighted by molar-refractivity contribution is 6.30. The topological polar surface area (TPSA) is 67.5 Å². The molecule has 6 nitrogen and oxygen atoms in total. The van der Waals surface area contributed by atoms with Crippen LogP contribution in [-0.2, 0) is 11.3 Å². The molecule has 3 heterocycles. The van der Waals surface area contributed by atoms with Crippen LogP contribution in [0.5, 0.6) is 5.75 Å². The number of halogens is 1. The maximum absolute atomic E-state index is 12.9. The van der Waals surface area contributed by atoms with Gasteiger partial charge in [-0.2, -0.15) is 0 Å². The Labute approximate surface area is 209 Å². The molecule has 1 fully saturated rings. The van der Waals surface area contributed by atoms with E-state index >= 15 is 0 Å². The summed E-state index contributed by atoms with van der Waals surface area (Å²) in [5.41, 5.74) is 4.59. The van der Waals surface area contributed by atoms with Gasteiger partial charge in [-0.1, -0.05) is 30.7 Å². The zero-order valence-electron chi connectivity index (χ0n) is 20.3. The summed E-state index contributed by atoms with van der Waals surface area (Å²) in [5, 5.41) is 2.86. The van der Waals surface area contributed by atoms with Gasteiger partial charge in [-0.05, 0) is 80.0 Å². The van der Waals surface area contributed by atoms with Crippen molar-refractivity contribution in [2.75, 3.05) is 6.54 Å². The summed E-state index contributed by atoms with van der Waals surface area (Å²) in [5.74, 6) is 2.01. The number of hydrogen-bond acceptors (Lipinski definition) is 4. The lowest BCUT2D eigenvalue weighted by molar-refractivity contribution is 0.0215. The van der Waals surface area contributed by atoms with Gasteiger partial charge in [-0.15, -0.1) is 0 Å². The molecular formula is C28H28ClN3O3. The van der Waals surface area contributed by atoms with E-state index < -0.39 is 5.60 Å². The van der Waals surface area contributed by atoms with E-state index in [1.165, 1.54) is 0 Å². The first-order valence-electron chi connectivity index (χ1n) is 12.0. The molecule has 180 valence electrons. The molecule has 0 radical (unpaired) electrons. The van der Waals surface area contributed by atoms with Gasteiger partial charge in [0, 0.05) is 22.5 Å². The van der Waals surface area contributed by atoms with Gasteiger partial charge in [0.25, 0.3) is 0 Å². The smallest absolute Gasteiger partial charge is 0.410 e. The fourth-order valence-electron chi connectivity index (χ4n) is 5.27. The van der Waals surface area contributed by atoms with Crippen LogP contribution in [0.4, 0.5) is 4.79 Å². The molecule has 2 aliphatic heterocycles. The van der Waals surface area contributed by atoms with Crippen molar-refractivity contribution in [2.24, 2.45) is 5.92 Å². The van der Waals surface area contributed by atoms with Gasteiger partial charge in [0.2, 0.25) is 0 Å². The van der Waals surface area contributed by atoms with Gasteiger partial charge in [0.05, 0.1) is 17.1 Å². The first-order valence-corrected chi connectivity index (χ1v) is 12.4. The number of benzene rings is 3. The summed E-state index contributed by atoms with van der Waals surface area (Å²) < 4.78 is 11.8. The number of nitrogens with zero attached hydrogens (tertiary/aromatic N) is 2. The van der Waals surface area contributed by atoms with Gasteiger partial charge in [-0.25, -0.2) is 9.78 Å². The lowest BCUT2D eigenvalue weighted by Crippen LogP contribution is -2.37. The van der Waals surface area contributed by atoms with E-state index in [1.807, 2.05) is 43.9 Å². The number of likely N-dealkylation sites (tertiary alicyclic amines) is 1. The van der Waals surface area contributed by atoms with Crippen LogP contribution in [0, 0.1) is 5.92 Å². The van der Waals surface area contributed by atoms with E-state index in [4.69, 9.17) is 26.1 Å². The molecule has 2 atom stereocenters. The fourth-order valence-corrected chi connectivity index (χ4v) is 5.46. The summed E-state index contributed by atoms with van der Waals surface area (Å²) in [4.78, 5) is 23.2. The van der Waals surface area contributed by atoms with E-state index in [2.05, 4.69) is 36.2 Å². The highest BCUT2D eigenvalue weighted by Crippen LogP contribution is 2.43. The highest BCUT2D eigenvalue weighted by atomic mass is 35.5. The Morgan fingerprint density at radius 1 is 1.17 bits per heavy atom. The second kappa shape index (κ2) is 7.89. The first kappa shape index (κ1) is 22.2. The number of carbonyl (C=O) groups is 1. The van der Waals surface area contributed by atoms with Gasteiger partial charge in [0.15, 0.2) is 0 Å². The Balaban J connectivity index is 1.42. The van der Waals surface area contributed by atoms with Crippen LogP contribution in [0.15, 0.2) is 42.5 Å². The molecule has 0 aliphatic carbocycles. The third-order valence-corrected chi connectivity index (χ3v) is 7.02. The van der Waals surface area contributed by atoms with Crippen LogP contribution in [0.25, 0.3) is 32.9 Å². The molecule has 7 heteroatoms. The number of H-pyrrole nitrogens is 1. The molecule has 0 bridgehead atoms. The number of aromatic nitrogens is 2. The molecule has 1 amide bonds. The second-order valence-electron chi connectivity index (χ2n) is 10.7. The number of carbonyl (C=O) groups excluding carboxylic acids is 1. The van der Waals surface area contributed by atoms with E-state index in [0.29, 0.717) is 24.1 Å². The SMILES string of the molecule is C[C@H]1C[C@@H](c2nc3ccc4cc5c(cc4c3[nH]2)OCc2cc(Cl)ccc2-5)N(C(=O)OC(C)(C)C)C1. The summed E-state index contributed by atoms with van der Waals surface area (Å²) in [6, 6.07) is 14.2. The van der Waals surface area contributed by atoms with Crippen molar-refractivity contribution < 1.29 is 14.3 Å². The quantitative estimate of drug-likeness (QED) is 0.306. The van der Waals surface area contributed by atoms with Crippen LogP contribution in [0.1, 0.15) is 51.5 Å². The Kier molecular flexibility index (Phi) is 5.01. The second-order valence-corrected chi connectivity index (χ2v) is 11.2. The molecule has 0 spiro atoms. The Morgan fingerprint density at radius 2 is 2.00 bits per heavy atom. The third kappa shape index (κ3) is 3.90. The molecule has 4 aromatic rings. The molecule has 1 N–H and O–H groups in total. The molecular weight excluding hydrogens is 462 g/mol. The Morgan fingerprint density at radius 3 is 2.80 bits per heavy atom. The van der Waals surface area contributed by atoms with Crippen LogP contribution < -0.4 is 4.74 Å². The van der Waals surface area contributed by atoms with Crippen LogP contribution >= 0.6 is 11.6 Å². The van der Waals surface area contributed by atoms with Crippen molar-refractivity contribution in [2.45, 2.75) is 52.4 Å². The minimum absolute atomic E-state index is 0.146. The van der Waals surface area contributed by atoms with Gasteiger partial charge in [0.1, 0.15) is 23.8 Å². The summed E-state index contributed by atoms with van der Waals surface area (Å²) in [6.07, 6.45) is 0.549. The molecule has 2 aliphatic rings. The number of fused-ring (bicyclic) bond motifs is 6. The number of aromatic amines is 1.